The van der Waals surface area contributed by atoms with Gasteiger partial charge in [0.05, 0.1) is 20.2 Å². The van der Waals surface area contributed by atoms with Gasteiger partial charge in [0.2, 0.25) is 0 Å². The first kappa shape index (κ1) is 17.9. The summed E-state index contributed by atoms with van der Waals surface area (Å²) in [6.07, 6.45) is 2.19. The molecule has 2 aromatic rings. The monoisotopic (exact) mass is 358 g/mol. The maximum Gasteiger partial charge on any atom is 0.322 e. The summed E-state index contributed by atoms with van der Waals surface area (Å²) in [4.78, 5) is 13.6. The van der Waals surface area contributed by atoms with Gasteiger partial charge in [-0.1, -0.05) is 12.1 Å². The number of benzene rings is 1. The number of aryl methyl sites for hydroxylation is 1. The molecule has 1 aliphatic heterocycles. The number of rotatable bonds is 6. The fourth-order valence-electron chi connectivity index (χ4n) is 3.28. The van der Waals surface area contributed by atoms with Crippen LogP contribution in [0.5, 0.6) is 11.5 Å². The number of aromatic hydroxyl groups is 1. The topological polar surface area (TPSA) is 101 Å². The lowest BCUT2D eigenvalue weighted by Gasteiger charge is -2.33. The first-order valence-corrected chi connectivity index (χ1v) is 8.29. The van der Waals surface area contributed by atoms with E-state index in [0.29, 0.717) is 43.2 Å². The molecule has 2 N–H and O–H groups in total. The van der Waals surface area contributed by atoms with Gasteiger partial charge in [0.1, 0.15) is 17.7 Å². The Morgan fingerprint density at radius 1 is 1.46 bits per heavy atom. The molecule has 8 heteroatoms. The Hall–Kier alpha value is -2.87. The van der Waals surface area contributed by atoms with Gasteiger partial charge < -0.3 is 19.5 Å². The number of carboxylic acid groups (broad SMARTS) is 1. The molecule has 0 fully saturated rings. The number of allylic oxidation sites excluding steroid dienone is 1. The number of methoxy groups -OCH3 is 1. The highest BCUT2D eigenvalue weighted by Crippen LogP contribution is 2.33. The summed E-state index contributed by atoms with van der Waals surface area (Å²) in [6.45, 7) is 6.60. The zero-order chi connectivity index (χ0) is 18.8. The summed E-state index contributed by atoms with van der Waals surface area (Å²) in [5.74, 6) is 1.02. The Bertz CT molecular complexity index is 846. The van der Waals surface area contributed by atoms with Crippen molar-refractivity contribution in [1.29, 1.82) is 0 Å². The smallest absolute Gasteiger partial charge is 0.322 e. The van der Waals surface area contributed by atoms with E-state index in [1.54, 1.807) is 12.1 Å². The molecule has 26 heavy (non-hydrogen) atoms. The minimum absolute atomic E-state index is 0.0833. The Morgan fingerprint density at radius 2 is 2.23 bits per heavy atom. The van der Waals surface area contributed by atoms with Crippen LogP contribution < -0.4 is 4.74 Å². The van der Waals surface area contributed by atoms with Gasteiger partial charge in [-0.3, -0.25) is 9.69 Å². The maximum absolute atomic E-state index is 11.8. The number of ether oxygens (including phenoxy) is 1. The number of phenolic OH excluding ortho intramolecular Hbond substituents is 1. The molecule has 3 rings (SSSR count). The molecule has 0 radical (unpaired) electrons. The van der Waals surface area contributed by atoms with Crippen LogP contribution in [-0.4, -0.2) is 49.0 Å². The van der Waals surface area contributed by atoms with E-state index in [0.717, 1.165) is 11.4 Å². The Morgan fingerprint density at radius 3 is 2.88 bits per heavy atom. The molecular formula is C18H22N4O4. The van der Waals surface area contributed by atoms with Gasteiger partial charge in [-0.25, -0.2) is 0 Å². The normalized spacial score (nSPS) is 16.9. The minimum Gasteiger partial charge on any atom is -0.504 e. The predicted octanol–water partition coefficient (Wildman–Crippen LogP) is 1.50. The van der Waals surface area contributed by atoms with Crippen LogP contribution in [0.3, 0.4) is 0 Å². The molecule has 8 nitrogen and oxygen atoms in total. The van der Waals surface area contributed by atoms with Crippen molar-refractivity contribution < 1.29 is 19.7 Å². The first-order valence-electron chi connectivity index (χ1n) is 8.29. The molecule has 1 unspecified atom stereocenters. The summed E-state index contributed by atoms with van der Waals surface area (Å²) < 4.78 is 7.09. The van der Waals surface area contributed by atoms with E-state index >= 15 is 0 Å². The van der Waals surface area contributed by atoms with Gasteiger partial charge in [0.25, 0.3) is 0 Å². The second kappa shape index (κ2) is 7.17. The zero-order valence-electron chi connectivity index (χ0n) is 14.8. The SMILES string of the molecule is C=CCc1cc(CN2Cc3nnc(C)n3CC2C(=O)O)cc(OC)c1O. The van der Waals surface area contributed by atoms with Crippen LogP contribution in [-0.2, 0) is 30.8 Å². The van der Waals surface area contributed by atoms with Gasteiger partial charge in [0.15, 0.2) is 11.5 Å². The summed E-state index contributed by atoms with van der Waals surface area (Å²) in [5, 5.41) is 28.0. The molecule has 138 valence electrons. The summed E-state index contributed by atoms with van der Waals surface area (Å²) in [5.41, 5.74) is 1.55. The van der Waals surface area contributed by atoms with E-state index in [2.05, 4.69) is 16.8 Å². The van der Waals surface area contributed by atoms with E-state index in [1.165, 1.54) is 7.11 Å². The molecule has 1 aromatic heterocycles. The van der Waals surface area contributed by atoms with Crippen molar-refractivity contribution in [1.82, 2.24) is 19.7 Å². The molecule has 0 saturated carbocycles. The predicted molar refractivity (Wildman–Crippen MR) is 94.0 cm³/mol. The Balaban J connectivity index is 1.92. The van der Waals surface area contributed by atoms with Gasteiger partial charge in [-0.2, -0.15) is 0 Å². The third-order valence-electron chi connectivity index (χ3n) is 4.62. The van der Waals surface area contributed by atoms with Gasteiger partial charge in [0, 0.05) is 12.1 Å². The zero-order valence-corrected chi connectivity index (χ0v) is 14.8. The lowest BCUT2D eigenvalue weighted by molar-refractivity contribution is -0.145. The second-order valence-electron chi connectivity index (χ2n) is 6.33. The van der Waals surface area contributed by atoms with Crippen molar-refractivity contribution in [3.8, 4) is 11.5 Å². The number of hydrogen-bond donors (Lipinski definition) is 2. The first-order chi connectivity index (χ1) is 12.4. The van der Waals surface area contributed by atoms with Crippen LogP contribution >= 0.6 is 0 Å². The lowest BCUT2D eigenvalue weighted by Crippen LogP contribution is -2.47. The third kappa shape index (κ3) is 3.28. The van der Waals surface area contributed by atoms with Crippen LogP contribution in [0, 0.1) is 6.92 Å². The van der Waals surface area contributed by atoms with Crippen LogP contribution in [0.15, 0.2) is 24.8 Å². The van der Waals surface area contributed by atoms with Gasteiger partial charge in [-0.05, 0) is 25.0 Å². The molecule has 1 aromatic carbocycles. The molecular weight excluding hydrogens is 336 g/mol. The van der Waals surface area contributed by atoms with Crippen molar-refractivity contribution in [2.24, 2.45) is 0 Å². The van der Waals surface area contributed by atoms with Crippen LogP contribution in [0.2, 0.25) is 0 Å². The third-order valence-corrected chi connectivity index (χ3v) is 4.62. The number of hydrogen-bond acceptors (Lipinski definition) is 6. The molecule has 2 heterocycles. The number of aliphatic carboxylic acids is 1. The summed E-state index contributed by atoms with van der Waals surface area (Å²) in [6, 6.07) is 2.90. The molecule has 1 atom stereocenters. The average molecular weight is 358 g/mol. The fraction of sp³-hybridized carbons (Fsp3) is 0.389. The van der Waals surface area contributed by atoms with Crippen molar-refractivity contribution in [3.63, 3.8) is 0 Å². The quantitative estimate of drug-likeness (QED) is 0.755. The number of phenols is 1. The van der Waals surface area contributed by atoms with Crippen molar-refractivity contribution in [2.75, 3.05) is 7.11 Å². The minimum atomic E-state index is -0.888. The number of nitrogens with zero attached hydrogens (tertiary/aromatic N) is 4. The average Bonchev–Trinajstić information content (AvgIpc) is 2.97. The van der Waals surface area contributed by atoms with Crippen LogP contribution in [0.25, 0.3) is 0 Å². The standard InChI is InChI=1S/C18H22N4O4/c1-4-5-13-6-12(7-15(26-3)17(13)23)8-21-10-16-20-19-11(2)22(16)9-14(21)18(24)25/h4,6-7,14,23H,1,5,8-10H2,2-3H3,(H,24,25). The fourth-order valence-corrected chi connectivity index (χ4v) is 3.28. The highest BCUT2D eigenvalue weighted by atomic mass is 16.5. The maximum atomic E-state index is 11.8. The Labute approximate surface area is 151 Å². The van der Waals surface area contributed by atoms with E-state index in [1.807, 2.05) is 22.5 Å². The van der Waals surface area contributed by atoms with Crippen molar-refractivity contribution in [3.05, 3.63) is 47.6 Å². The highest BCUT2D eigenvalue weighted by molar-refractivity contribution is 5.73. The number of carboxylic acids is 1. The van der Waals surface area contributed by atoms with Crippen molar-refractivity contribution >= 4 is 5.97 Å². The van der Waals surface area contributed by atoms with E-state index < -0.39 is 12.0 Å². The molecule has 1 aliphatic rings. The van der Waals surface area contributed by atoms with E-state index in [4.69, 9.17) is 4.74 Å². The number of carbonyl (C=O) groups is 1. The van der Waals surface area contributed by atoms with E-state index in [-0.39, 0.29) is 5.75 Å². The lowest BCUT2D eigenvalue weighted by atomic mass is 10.0. The largest absolute Gasteiger partial charge is 0.504 e. The molecule has 0 saturated heterocycles. The van der Waals surface area contributed by atoms with Gasteiger partial charge in [-0.15, -0.1) is 16.8 Å². The summed E-state index contributed by atoms with van der Waals surface area (Å²) >= 11 is 0. The van der Waals surface area contributed by atoms with Crippen LogP contribution in [0.4, 0.5) is 0 Å². The molecule has 0 aliphatic carbocycles. The number of fused-ring (bicyclic) bond motifs is 1. The highest BCUT2D eigenvalue weighted by Gasteiger charge is 2.33. The molecule has 0 amide bonds. The second-order valence-corrected chi connectivity index (χ2v) is 6.33. The summed E-state index contributed by atoms with van der Waals surface area (Å²) in [7, 11) is 1.49. The Kier molecular flexibility index (Phi) is 4.94. The van der Waals surface area contributed by atoms with Crippen LogP contribution in [0.1, 0.15) is 22.8 Å². The van der Waals surface area contributed by atoms with Gasteiger partial charge >= 0.3 is 5.97 Å². The molecule has 0 spiro atoms. The number of aromatic nitrogens is 3. The molecule has 0 bridgehead atoms. The van der Waals surface area contributed by atoms with Crippen molar-refractivity contribution in [2.45, 2.75) is 39.0 Å². The van der Waals surface area contributed by atoms with E-state index in [9.17, 15) is 15.0 Å².